The molecule has 0 N–H and O–H groups in total. The molecule has 2 aliphatic heterocycles. The molecule has 1 heteroatoms. The van der Waals surface area contributed by atoms with Crippen LogP contribution in [0.2, 0.25) is 0 Å². The fraction of sp³-hybridized carbons (Fsp3) is 0.128. The Morgan fingerprint density at radius 2 is 0.320 bits per heavy atom. The van der Waals surface area contributed by atoms with E-state index in [-0.39, 0.29) is 10.8 Å². The van der Waals surface area contributed by atoms with Gasteiger partial charge in [-0.3, -0.25) is 0 Å². The first-order chi connectivity index (χ1) is 74.3. The van der Waals surface area contributed by atoms with Crippen molar-refractivity contribution in [2.45, 2.75) is 122 Å². The molecule has 22 aromatic carbocycles. The van der Waals surface area contributed by atoms with Crippen LogP contribution < -0.4 is 4.90 Å². The van der Waals surface area contributed by atoms with E-state index in [4.69, 9.17) is 0 Å². The second kappa shape index (κ2) is 50.8. The zero-order chi connectivity index (χ0) is 102. The SMILES string of the molecule is CCC.CCC.c1ccc(Cc2ccccc2)cc1.c1ccc2c(c1)Cc1cc3c(cc1C2)Cc1ccccc1C3.c1ccc2c(c1)Cc1cccc3c1N2c1ccccc1C31c2ccccc2Cc2ccccc21.c1ccc2c(c1)Cc1ccccc1C2.c1ccc2c(c1)Cc1ccccc1C21c2ccccc2Cc2ccccc21.c1ccc2ccccc2c1.c1ccccc1.c1ccccc1.c1ccccc1.c1ccccc1. The minimum Gasteiger partial charge on any atom is -0.309 e. The minimum absolute atomic E-state index is 0.211. The van der Waals surface area contributed by atoms with Gasteiger partial charge in [-0.1, -0.05) is 605 Å². The lowest BCUT2D eigenvalue weighted by molar-refractivity contribution is 0.670. The molecular formula is C149H133N. The molecule has 734 valence electrons. The summed E-state index contributed by atoms with van der Waals surface area (Å²) in [4.78, 5) is 2.53. The average Bonchev–Trinajstić information content (AvgIpc) is 0.669. The third-order valence-electron chi connectivity index (χ3n) is 29.3. The van der Waals surface area contributed by atoms with Crippen molar-refractivity contribution in [3.63, 3.8) is 0 Å². The lowest BCUT2D eigenvalue weighted by Gasteiger charge is -2.51. The van der Waals surface area contributed by atoms with Gasteiger partial charge in [-0.05, 0) is 254 Å². The zero-order valence-corrected chi connectivity index (χ0v) is 87.0. The number of para-hydroxylation sites is 3. The molecule has 0 atom stereocenters. The van der Waals surface area contributed by atoms with E-state index in [1.165, 1.54) is 208 Å². The average molecular weight is 1940 g/mol. The highest BCUT2D eigenvalue weighted by Crippen LogP contribution is 2.63. The van der Waals surface area contributed by atoms with E-state index in [0.717, 1.165) is 70.6 Å². The highest BCUT2D eigenvalue weighted by atomic mass is 15.2. The van der Waals surface area contributed by atoms with Crippen LogP contribution in [0.1, 0.15) is 207 Å². The number of fused-ring (bicyclic) bond motifs is 25. The Bertz CT molecular complexity index is 7280. The predicted octanol–water partition coefficient (Wildman–Crippen LogP) is 37.1. The van der Waals surface area contributed by atoms with Crippen LogP contribution >= 0.6 is 0 Å². The number of benzene rings is 22. The highest BCUT2D eigenvalue weighted by molar-refractivity contribution is 5.94. The maximum atomic E-state index is 2.53. The van der Waals surface area contributed by atoms with E-state index in [9.17, 15) is 0 Å². The van der Waals surface area contributed by atoms with E-state index in [0.29, 0.717) is 0 Å². The lowest BCUT2D eigenvalue weighted by Crippen LogP contribution is -2.42. The maximum Gasteiger partial charge on any atom is 0.0747 e. The molecule has 22 aromatic rings. The Kier molecular flexibility index (Phi) is 34.4. The van der Waals surface area contributed by atoms with Gasteiger partial charge in [0.05, 0.1) is 22.2 Å². The smallest absolute Gasteiger partial charge is 0.0747 e. The van der Waals surface area contributed by atoms with E-state index in [1.807, 2.05) is 146 Å². The number of nitrogens with zero attached hydrogens (tertiary/aromatic N) is 1. The zero-order valence-electron chi connectivity index (χ0n) is 87.0. The molecule has 2 heterocycles. The Morgan fingerprint density at radius 1 is 0.147 bits per heavy atom. The third kappa shape index (κ3) is 23.5. The Morgan fingerprint density at radius 3 is 0.593 bits per heavy atom. The fourth-order valence-electron chi connectivity index (χ4n) is 22.7. The summed E-state index contributed by atoms with van der Waals surface area (Å²) in [5.41, 5.74) is 47.2. The summed E-state index contributed by atoms with van der Waals surface area (Å²) in [5, 5.41) is 2.62. The van der Waals surface area contributed by atoms with Gasteiger partial charge in [-0.2, -0.15) is 0 Å². The normalized spacial score (nSPS) is 12.7. The van der Waals surface area contributed by atoms with E-state index >= 15 is 0 Å². The summed E-state index contributed by atoms with van der Waals surface area (Å²) in [5.74, 6) is 0. The van der Waals surface area contributed by atoms with Crippen LogP contribution in [-0.4, -0.2) is 0 Å². The summed E-state index contributed by atoms with van der Waals surface area (Å²) < 4.78 is 0. The molecule has 2 spiro atoms. The largest absolute Gasteiger partial charge is 0.309 e. The molecule has 0 bridgehead atoms. The van der Waals surface area contributed by atoms with Gasteiger partial charge in [0.25, 0.3) is 0 Å². The molecule has 0 radical (unpaired) electrons. The molecule has 8 aliphatic rings. The number of hydrogen-bond donors (Lipinski definition) is 0. The molecule has 150 heavy (non-hydrogen) atoms. The van der Waals surface area contributed by atoms with E-state index in [2.05, 4.69) is 463 Å². The molecule has 1 nitrogen and oxygen atoms in total. The molecule has 0 unspecified atom stereocenters. The Labute approximate surface area is 891 Å². The Balaban J connectivity index is 0.000000110. The quantitative estimate of drug-likeness (QED) is 0.167. The van der Waals surface area contributed by atoms with Gasteiger partial charge in [-0.15, -0.1) is 0 Å². The number of rotatable bonds is 2. The summed E-state index contributed by atoms with van der Waals surface area (Å²) in [6, 6.07) is 205. The summed E-state index contributed by atoms with van der Waals surface area (Å²) in [7, 11) is 0. The minimum atomic E-state index is -0.323. The molecule has 0 aromatic heterocycles. The highest BCUT2D eigenvalue weighted by Gasteiger charge is 2.52. The second-order valence-corrected chi connectivity index (χ2v) is 39.5. The van der Waals surface area contributed by atoms with Gasteiger partial charge < -0.3 is 4.90 Å². The molecule has 30 rings (SSSR count). The second-order valence-electron chi connectivity index (χ2n) is 39.5. The van der Waals surface area contributed by atoms with Crippen molar-refractivity contribution in [2.24, 2.45) is 0 Å². The van der Waals surface area contributed by atoms with Gasteiger partial charge in [0, 0.05) is 12.1 Å². The molecular weight excluding hydrogens is 1800 g/mol. The number of hydrogen-bond acceptors (Lipinski definition) is 1. The standard InChI is InChI=1S/C33H23N.C27H20.C22H18.C14H12.C13H12.C10H8.4C6H6.2C3H8/c1-4-14-26-22(10-1)20-23-11-2-5-15-27(23)33(26)28-16-6-8-19-31(28)34-30-18-7-3-12-24(30)21-25-13-9-17-29(33)32(25)34;1-5-13-23-19(9-1)17-20-10-2-6-14-24(20)27(23)25-15-7-3-11-21(25)18-22-12-4-8-16-26(22)27;1-2-6-16-10-20-14-22-12-18-8-4-3-7-17(18)11-21(22)13-19(20)9-15(16)5-1;1-2-6-12-10-14-8-4-3-7-13(14)9-11(12)5-1;1-3-7-12(8-4-1)11-13-9-5-2-6-10-13;1-2-6-10-8-4-3-7-9(10)5-1;4*1-2-4-6-5-3-1;2*1-3-2/h1-19H,20-21H2;1-16H,17-18H2;1-8,13-14H,9-12H2;1-8H,9-10H2;1-10H,11H2;1-8H;4*1-6H;2*3H2,1-2H3. The van der Waals surface area contributed by atoms with Gasteiger partial charge in [0.2, 0.25) is 0 Å². The number of anilines is 3. The summed E-state index contributed by atoms with van der Waals surface area (Å²) in [6.45, 7) is 8.50. The first kappa shape index (κ1) is 102. The van der Waals surface area contributed by atoms with Crippen molar-refractivity contribution >= 4 is 27.8 Å². The molecule has 0 saturated carbocycles. The van der Waals surface area contributed by atoms with Crippen LogP contribution in [0.25, 0.3) is 10.8 Å². The van der Waals surface area contributed by atoms with Gasteiger partial charge in [0.15, 0.2) is 0 Å². The molecule has 0 amide bonds. The molecule has 0 saturated heterocycles. The van der Waals surface area contributed by atoms with Crippen molar-refractivity contribution in [3.05, 3.63) is 743 Å². The van der Waals surface area contributed by atoms with Gasteiger partial charge >= 0.3 is 0 Å². The van der Waals surface area contributed by atoms with Crippen LogP contribution in [0.3, 0.4) is 0 Å². The summed E-state index contributed by atoms with van der Waals surface area (Å²) >= 11 is 0. The van der Waals surface area contributed by atoms with E-state index < -0.39 is 0 Å². The first-order valence-corrected chi connectivity index (χ1v) is 53.8. The van der Waals surface area contributed by atoms with Crippen LogP contribution in [-0.2, 0) is 81.5 Å². The lowest BCUT2D eigenvalue weighted by atomic mass is 9.56. The summed E-state index contributed by atoms with van der Waals surface area (Å²) in [6.07, 6.45) is 14.1. The third-order valence-corrected chi connectivity index (χ3v) is 29.3. The van der Waals surface area contributed by atoms with Crippen molar-refractivity contribution in [1.29, 1.82) is 0 Å². The van der Waals surface area contributed by atoms with Crippen molar-refractivity contribution in [1.82, 2.24) is 0 Å². The van der Waals surface area contributed by atoms with Crippen molar-refractivity contribution < 1.29 is 0 Å². The molecule has 6 aliphatic carbocycles. The Hall–Kier alpha value is -17.1. The van der Waals surface area contributed by atoms with Crippen molar-refractivity contribution in [3.8, 4) is 0 Å². The monoisotopic (exact) mass is 1940 g/mol. The fourth-order valence-corrected chi connectivity index (χ4v) is 22.7. The van der Waals surface area contributed by atoms with E-state index in [1.54, 1.807) is 0 Å². The van der Waals surface area contributed by atoms with Gasteiger partial charge in [0.1, 0.15) is 0 Å². The molecule has 0 fully saturated rings. The topological polar surface area (TPSA) is 3.24 Å². The first-order valence-electron chi connectivity index (χ1n) is 53.8. The van der Waals surface area contributed by atoms with Crippen molar-refractivity contribution in [2.75, 3.05) is 4.90 Å². The van der Waals surface area contributed by atoms with Crippen LogP contribution in [0.5, 0.6) is 0 Å². The predicted molar refractivity (Wildman–Crippen MR) is 635 cm³/mol. The van der Waals surface area contributed by atoms with Crippen LogP contribution in [0.4, 0.5) is 17.1 Å². The van der Waals surface area contributed by atoms with Gasteiger partial charge in [-0.25, -0.2) is 0 Å². The maximum absolute atomic E-state index is 2.53. The van der Waals surface area contributed by atoms with Crippen LogP contribution in [0, 0.1) is 0 Å². The van der Waals surface area contributed by atoms with Crippen LogP contribution in [0.15, 0.2) is 576 Å².